The second-order valence-corrected chi connectivity index (χ2v) is 8.20. The van der Waals surface area contributed by atoms with Gasteiger partial charge in [0.15, 0.2) is 0 Å². The molecular formula is C16H24N2O3S. The molecule has 0 saturated carbocycles. The van der Waals surface area contributed by atoms with Gasteiger partial charge in [-0.15, -0.1) is 0 Å². The summed E-state index contributed by atoms with van der Waals surface area (Å²) in [5.74, 6) is -0.720. The van der Waals surface area contributed by atoms with E-state index in [0.717, 1.165) is 19.3 Å². The quantitative estimate of drug-likeness (QED) is 0.792. The first kappa shape index (κ1) is 17.0. The highest BCUT2D eigenvalue weighted by molar-refractivity contribution is 7.90. The Morgan fingerprint density at radius 3 is 2.77 bits per heavy atom. The third-order valence-electron chi connectivity index (χ3n) is 4.00. The fourth-order valence-electron chi connectivity index (χ4n) is 3.12. The van der Waals surface area contributed by atoms with Gasteiger partial charge in [-0.05, 0) is 47.8 Å². The van der Waals surface area contributed by atoms with Crippen LogP contribution in [-0.2, 0) is 27.7 Å². The average Bonchev–Trinajstić information content (AvgIpc) is 2.78. The van der Waals surface area contributed by atoms with Crippen molar-refractivity contribution in [3.8, 4) is 0 Å². The summed E-state index contributed by atoms with van der Waals surface area (Å²) in [5.41, 5.74) is 8.92. The van der Waals surface area contributed by atoms with Gasteiger partial charge in [0.05, 0.1) is 0 Å². The van der Waals surface area contributed by atoms with E-state index in [1.165, 1.54) is 16.7 Å². The molecule has 122 valence electrons. The van der Waals surface area contributed by atoms with E-state index in [2.05, 4.69) is 30.7 Å². The normalized spacial score (nSPS) is 17.7. The number of nitrogens with one attached hydrogen (secondary N) is 1. The fourth-order valence-corrected chi connectivity index (χ4v) is 4.06. The molecule has 5 nitrogen and oxygen atoms in total. The highest BCUT2D eigenvalue weighted by Crippen LogP contribution is 2.35. The molecule has 6 heteroatoms. The Balaban J connectivity index is 2.08. The summed E-state index contributed by atoms with van der Waals surface area (Å²) in [4.78, 5) is 10.8. The van der Waals surface area contributed by atoms with Gasteiger partial charge in [0.2, 0.25) is 15.9 Å². The number of carbonyl (C=O) groups is 1. The monoisotopic (exact) mass is 324 g/mol. The van der Waals surface area contributed by atoms with E-state index in [1.807, 2.05) is 6.07 Å². The van der Waals surface area contributed by atoms with Crippen LogP contribution in [0, 0.1) is 5.92 Å². The zero-order valence-corrected chi connectivity index (χ0v) is 13.9. The smallest absolute Gasteiger partial charge is 0.234 e. The van der Waals surface area contributed by atoms with Gasteiger partial charge in [-0.3, -0.25) is 4.79 Å². The zero-order valence-electron chi connectivity index (χ0n) is 13.1. The van der Waals surface area contributed by atoms with E-state index in [-0.39, 0.29) is 5.92 Å². The molecule has 0 heterocycles. The van der Waals surface area contributed by atoms with Crippen LogP contribution in [0.5, 0.6) is 0 Å². The minimum absolute atomic E-state index is 0.171. The van der Waals surface area contributed by atoms with Crippen LogP contribution in [0.3, 0.4) is 0 Å². The number of hydrogen-bond acceptors (Lipinski definition) is 3. The molecule has 1 aliphatic rings. The lowest BCUT2D eigenvalue weighted by molar-refractivity contribution is -0.115. The van der Waals surface area contributed by atoms with Crippen molar-refractivity contribution in [1.82, 2.24) is 4.72 Å². The Morgan fingerprint density at radius 2 is 2.14 bits per heavy atom. The Labute approximate surface area is 132 Å². The summed E-state index contributed by atoms with van der Waals surface area (Å²) in [7, 11) is -3.62. The maximum Gasteiger partial charge on any atom is 0.234 e. The van der Waals surface area contributed by atoms with Crippen LogP contribution in [0.25, 0.3) is 0 Å². The minimum atomic E-state index is -3.62. The molecular weight excluding hydrogens is 300 g/mol. The Bertz CT molecular complexity index is 653. The van der Waals surface area contributed by atoms with Crippen molar-refractivity contribution >= 4 is 15.9 Å². The van der Waals surface area contributed by atoms with Gasteiger partial charge in [0.25, 0.3) is 0 Å². The molecule has 0 bridgehead atoms. The zero-order chi connectivity index (χ0) is 16.3. The molecule has 0 spiro atoms. The first-order valence-electron chi connectivity index (χ1n) is 7.65. The minimum Gasteiger partial charge on any atom is -0.369 e. The van der Waals surface area contributed by atoms with Gasteiger partial charge in [-0.2, -0.15) is 0 Å². The largest absolute Gasteiger partial charge is 0.369 e. The Hall–Kier alpha value is -1.40. The van der Waals surface area contributed by atoms with Crippen LogP contribution in [0.2, 0.25) is 0 Å². The molecule has 1 amide bonds. The molecule has 0 radical (unpaired) electrons. The van der Waals surface area contributed by atoms with Gasteiger partial charge in [0.1, 0.15) is 5.75 Å². The predicted molar refractivity (Wildman–Crippen MR) is 87.0 cm³/mol. The van der Waals surface area contributed by atoms with Crippen molar-refractivity contribution in [2.75, 3.05) is 12.3 Å². The lowest BCUT2D eigenvalue weighted by atomic mass is 9.94. The first-order valence-corrected chi connectivity index (χ1v) is 9.30. The average molecular weight is 324 g/mol. The standard InChI is InChI=1S/C16H24N2O3S/c1-11(2)8-12-4-3-5-14-13(6-7-15(12)14)9-18-22(20,21)10-16(17)19/h3-5,11,13,18H,6-10H2,1-2H3,(H2,17,19). The third-order valence-corrected chi connectivity index (χ3v) is 5.27. The van der Waals surface area contributed by atoms with E-state index in [4.69, 9.17) is 5.73 Å². The number of sulfonamides is 1. The van der Waals surface area contributed by atoms with Gasteiger partial charge in [-0.1, -0.05) is 32.0 Å². The molecule has 0 aromatic heterocycles. The maximum absolute atomic E-state index is 11.7. The summed E-state index contributed by atoms with van der Waals surface area (Å²) in [6.07, 6.45) is 2.97. The SMILES string of the molecule is CC(C)Cc1cccc2c1CCC2CNS(=O)(=O)CC(N)=O. The number of benzene rings is 1. The van der Waals surface area contributed by atoms with Crippen molar-refractivity contribution < 1.29 is 13.2 Å². The predicted octanol–water partition coefficient (Wildman–Crippen LogP) is 1.32. The molecule has 22 heavy (non-hydrogen) atoms. The van der Waals surface area contributed by atoms with Crippen molar-refractivity contribution in [2.45, 2.75) is 39.0 Å². The van der Waals surface area contributed by atoms with E-state index in [9.17, 15) is 13.2 Å². The summed E-state index contributed by atoms with van der Waals surface area (Å²) >= 11 is 0. The molecule has 0 fully saturated rings. The maximum atomic E-state index is 11.7. The van der Waals surface area contributed by atoms with E-state index >= 15 is 0 Å². The molecule has 2 rings (SSSR count). The van der Waals surface area contributed by atoms with Crippen molar-refractivity contribution in [3.63, 3.8) is 0 Å². The van der Waals surface area contributed by atoms with Crippen LogP contribution in [-0.4, -0.2) is 26.6 Å². The summed E-state index contributed by atoms with van der Waals surface area (Å²) in [6.45, 7) is 4.72. The van der Waals surface area contributed by atoms with Crippen LogP contribution in [0.1, 0.15) is 42.9 Å². The molecule has 0 aliphatic heterocycles. The Morgan fingerprint density at radius 1 is 1.41 bits per heavy atom. The molecule has 1 aromatic rings. The lowest BCUT2D eigenvalue weighted by Crippen LogP contribution is -2.35. The third kappa shape index (κ3) is 4.30. The summed E-state index contributed by atoms with van der Waals surface area (Å²) in [5, 5.41) is 0. The van der Waals surface area contributed by atoms with Gasteiger partial charge in [-0.25, -0.2) is 13.1 Å². The number of nitrogens with two attached hydrogens (primary N) is 1. The molecule has 1 unspecified atom stereocenters. The van der Waals surface area contributed by atoms with Crippen molar-refractivity contribution in [1.29, 1.82) is 0 Å². The second-order valence-electron chi connectivity index (χ2n) is 6.39. The van der Waals surface area contributed by atoms with E-state index in [1.54, 1.807) is 0 Å². The number of rotatable bonds is 7. The van der Waals surface area contributed by atoms with Crippen molar-refractivity contribution in [2.24, 2.45) is 11.7 Å². The summed E-state index contributed by atoms with van der Waals surface area (Å²) < 4.78 is 25.9. The lowest BCUT2D eigenvalue weighted by Gasteiger charge is -2.14. The van der Waals surface area contributed by atoms with E-state index in [0.29, 0.717) is 12.5 Å². The highest BCUT2D eigenvalue weighted by Gasteiger charge is 2.26. The van der Waals surface area contributed by atoms with Crippen LogP contribution >= 0.6 is 0 Å². The fraction of sp³-hybridized carbons (Fsp3) is 0.562. The molecule has 1 aliphatic carbocycles. The topological polar surface area (TPSA) is 89.3 Å². The number of amides is 1. The van der Waals surface area contributed by atoms with E-state index < -0.39 is 21.7 Å². The van der Waals surface area contributed by atoms with Crippen LogP contribution in [0.15, 0.2) is 18.2 Å². The van der Waals surface area contributed by atoms with Crippen LogP contribution < -0.4 is 10.5 Å². The number of primary amides is 1. The molecule has 3 N–H and O–H groups in total. The highest BCUT2D eigenvalue weighted by atomic mass is 32.2. The number of fused-ring (bicyclic) bond motifs is 1. The molecule has 1 atom stereocenters. The Kier molecular flexibility index (Phi) is 5.24. The summed E-state index contributed by atoms with van der Waals surface area (Å²) in [6, 6.07) is 6.30. The van der Waals surface area contributed by atoms with Gasteiger partial charge < -0.3 is 5.73 Å². The number of hydrogen-bond donors (Lipinski definition) is 2. The number of carbonyl (C=O) groups excluding carboxylic acids is 1. The van der Waals surface area contributed by atoms with Gasteiger partial charge >= 0.3 is 0 Å². The second kappa shape index (κ2) is 6.79. The molecule has 0 saturated heterocycles. The van der Waals surface area contributed by atoms with Crippen molar-refractivity contribution in [3.05, 3.63) is 34.9 Å². The van der Waals surface area contributed by atoms with Crippen LogP contribution in [0.4, 0.5) is 0 Å². The first-order chi connectivity index (χ1) is 10.3. The molecule has 1 aromatic carbocycles. The van der Waals surface area contributed by atoms with Gasteiger partial charge in [0, 0.05) is 6.54 Å².